The lowest BCUT2D eigenvalue weighted by Gasteiger charge is -2.08. The molecule has 0 fully saturated rings. The second kappa shape index (κ2) is 8.13. The zero-order chi connectivity index (χ0) is 19.2. The van der Waals surface area contributed by atoms with Gasteiger partial charge in [0, 0.05) is 36.1 Å². The number of ether oxygens (including phenoxy) is 1. The van der Waals surface area contributed by atoms with Crippen molar-refractivity contribution in [3.63, 3.8) is 0 Å². The lowest BCUT2D eigenvalue weighted by atomic mass is 10.2. The number of nitro groups is 1. The number of hydrogen-bond donors (Lipinski definition) is 1. The van der Waals surface area contributed by atoms with Crippen LogP contribution in [0.1, 0.15) is 6.42 Å². The molecule has 1 aromatic heterocycles. The van der Waals surface area contributed by atoms with Crippen molar-refractivity contribution in [2.75, 3.05) is 11.9 Å². The Balaban J connectivity index is 1.44. The number of non-ortho nitro benzene ring substituents is 1. The average Bonchev–Trinajstić information content (AvgIpc) is 3.08. The molecule has 2 aromatic carbocycles. The summed E-state index contributed by atoms with van der Waals surface area (Å²) < 4.78 is 6.93. The van der Waals surface area contributed by atoms with Crippen LogP contribution in [0.4, 0.5) is 11.4 Å². The van der Waals surface area contributed by atoms with Crippen molar-refractivity contribution in [2.45, 2.75) is 13.0 Å². The van der Waals surface area contributed by atoms with Crippen molar-refractivity contribution in [3.05, 3.63) is 70.9 Å². The Hall–Kier alpha value is -3.68. The summed E-state index contributed by atoms with van der Waals surface area (Å²) in [5.74, 6) is -0.991. The first-order valence-electron chi connectivity index (χ1n) is 8.27. The Morgan fingerprint density at radius 3 is 2.56 bits per heavy atom. The zero-order valence-electron chi connectivity index (χ0n) is 14.3. The lowest BCUT2D eigenvalue weighted by Crippen LogP contribution is -2.21. The van der Waals surface area contributed by atoms with Gasteiger partial charge in [0.15, 0.2) is 6.61 Å². The number of fused-ring (bicyclic) bond motifs is 1. The van der Waals surface area contributed by atoms with Crippen LogP contribution in [0.3, 0.4) is 0 Å². The van der Waals surface area contributed by atoms with Crippen molar-refractivity contribution in [2.24, 2.45) is 0 Å². The summed E-state index contributed by atoms with van der Waals surface area (Å²) in [6, 6.07) is 15.2. The molecule has 0 atom stereocenters. The summed E-state index contributed by atoms with van der Waals surface area (Å²) in [5.41, 5.74) is 1.35. The molecule has 0 bridgehead atoms. The SMILES string of the molecule is O=C(COC(=O)CCn1ccc2ccccc21)Nc1ccc([N+](=O)[O-])cc1. The van der Waals surface area contributed by atoms with E-state index >= 15 is 0 Å². The smallest absolute Gasteiger partial charge is 0.308 e. The van der Waals surface area contributed by atoms with Crippen LogP contribution in [-0.2, 0) is 20.9 Å². The molecule has 1 heterocycles. The molecular formula is C19H17N3O5. The molecule has 3 aromatic rings. The maximum atomic E-state index is 11.9. The molecule has 8 nitrogen and oxygen atoms in total. The Morgan fingerprint density at radius 2 is 1.81 bits per heavy atom. The van der Waals surface area contributed by atoms with Gasteiger partial charge in [0.25, 0.3) is 11.6 Å². The summed E-state index contributed by atoms with van der Waals surface area (Å²) in [7, 11) is 0. The van der Waals surface area contributed by atoms with Crippen LogP contribution >= 0.6 is 0 Å². The van der Waals surface area contributed by atoms with Crippen molar-refractivity contribution in [3.8, 4) is 0 Å². The molecule has 0 aliphatic rings. The predicted octanol–water partition coefficient (Wildman–Crippen LogP) is 3.12. The molecule has 27 heavy (non-hydrogen) atoms. The van der Waals surface area contributed by atoms with Crippen LogP contribution in [-0.4, -0.2) is 28.0 Å². The van der Waals surface area contributed by atoms with Gasteiger partial charge in [-0.05, 0) is 29.7 Å². The van der Waals surface area contributed by atoms with E-state index in [9.17, 15) is 19.7 Å². The number of hydrogen-bond acceptors (Lipinski definition) is 5. The Bertz CT molecular complexity index is 978. The van der Waals surface area contributed by atoms with Gasteiger partial charge in [0.1, 0.15) is 0 Å². The number of aromatic nitrogens is 1. The number of nitro benzene ring substituents is 1. The lowest BCUT2D eigenvalue weighted by molar-refractivity contribution is -0.384. The fourth-order valence-corrected chi connectivity index (χ4v) is 2.63. The molecule has 0 aliphatic heterocycles. The van der Waals surface area contributed by atoms with Crippen molar-refractivity contribution in [1.29, 1.82) is 0 Å². The zero-order valence-corrected chi connectivity index (χ0v) is 14.3. The largest absolute Gasteiger partial charge is 0.456 e. The Morgan fingerprint density at radius 1 is 1.07 bits per heavy atom. The fraction of sp³-hybridized carbons (Fsp3) is 0.158. The van der Waals surface area contributed by atoms with E-state index in [1.54, 1.807) is 0 Å². The maximum absolute atomic E-state index is 11.9. The molecule has 0 saturated carbocycles. The first kappa shape index (κ1) is 18.1. The van der Waals surface area contributed by atoms with Gasteiger partial charge < -0.3 is 14.6 Å². The molecule has 1 N–H and O–H groups in total. The van der Waals surface area contributed by atoms with Gasteiger partial charge in [0.2, 0.25) is 0 Å². The molecule has 0 aliphatic carbocycles. The van der Waals surface area contributed by atoms with Crippen LogP contribution in [0.5, 0.6) is 0 Å². The van der Waals surface area contributed by atoms with Crippen molar-refractivity contribution >= 4 is 34.2 Å². The second-order valence-electron chi connectivity index (χ2n) is 5.83. The number of carbonyl (C=O) groups excluding carboxylic acids is 2. The number of carbonyl (C=O) groups is 2. The van der Waals surface area contributed by atoms with Crippen LogP contribution in [0, 0.1) is 10.1 Å². The number of nitrogens with one attached hydrogen (secondary N) is 1. The number of para-hydroxylation sites is 1. The highest BCUT2D eigenvalue weighted by atomic mass is 16.6. The van der Waals surface area contributed by atoms with Crippen LogP contribution in [0.25, 0.3) is 10.9 Å². The molecule has 3 rings (SSSR count). The monoisotopic (exact) mass is 367 g/mol. The number of benzene rings is 2. The minimum Gasteiger partial charge on any atom is -0.456 e. The molecule has 1 amide bonds. The van der Waals surface area contributed by atoms with Crippen molar-refractivity contribution in [1.82, 2.24) is 4.57 Å². The fourth-order valence-electron chi connectivity index (χ4n) is 2.63. The molecule has 0 radical (unpaired) electrons. The highest BCUT2D eigenvalue weighted by Crippen LogP contribution is 2.16. The number of anilines is 1. The summed E-state index contributed by atoms with van der Waals surface area (Å²) in [6.45, 7) is 0.0402. The topological polar surface area (TPSA) is 103 Å². The molecular weight excluding hydrogens is 350 g/mol. The van der Waals surface area contributed by atoms with Gasteiger partial charge in [-0.25, -0.2) is 0 Å². The minimum absolute atomic E-state index is 0.0723. The molecule has 0 unspecified atom stereocenters. The van der Waals surface area contributed by atoms with E-state index in [2.05, 4.69) is 5.32 Å². The van der Waals surface area contributed by atoms with Gasteiger partial charge in [-0.15, -0.1) is 0 Å². The summed E-state index contributed by atoms with van der Waals surface area (Å²) in [4.78, 5) is 33.7. The van der Waals surface area contributed by atoms with E-state index in [1.807, 2.05) is 41.1 Å². The van der Waals surface area contributed by atoms with Gasteiger partial charge >= 0.3 is 5.97 Å². The highest BCUT2D eigenvalue weighted by molar-refractivity contribution is 5.92. The third kappa shape index (κ3) is 4.69. The molecule has 0 saturated heterocycles. The number of esters is 1. The highest BCUT2D eigenvalue weighted by Gasteiger charge is 2.10. The van der Waals surface area contributed by atoms with E-state index < -0.39 is 23.4 Å². The standard InChI is InChI=1S/C19H17N3O5/c23-18(20-15-5-7-16(8-6-15)22(25)26)13-27-19(24)10-12-21-11-9-14-3-1-2-4-17(14)21/h1-9,11H,10,12-13H2,(H,20,23). The maximum Gasteiger partial charge on any atom is 0.308 e. The second-order valence-corrected chi connectivity index (χ2v) is 5.83. The third-order valence-electron chi connectivity index (χ3n) is 3.96. The van der Waals surface area contributed by atoms with E-state index in [0.29, 0.717) is 12.2 Å². The van der Waals surface area contributed by atoms with E-state index in [1.165, 1.54) is 24.3 Å². The van der Waals surface area contributed by atoms with Gasteiger partial charge in [-0.2, -0.15) is 0 Å². The first-order chi connectivity index (χ1) is 13.0. The van der Waals surface area contributed by atoms with E-state index in [4.69, 9.17) is 4.74 Å². The molecule has 8 heteroatoms. The predicted molar refractivity (Wildman–Crippen MR) is 99.2 cm³/mol. The summed E-state index contributed by atoms with van der Waals surface area (Å²) in [5, 5.41) is 14.2. The first-order valence-corrected chi connectivity index (χ1v) is 8.27. The Kier molecular flexibility index (Phi) is 5.46. The number of aryl methyl sites for hydroxylation is 1. The number of rotatable bonds is 7. The van der Waals surface area contributed by atoms with Crippen LogP contribution in [0.2, 0.25) is 0 Å². The quantitative estimate of drug-likeness (QED) is 0.392. The normalized spacial score (nSPS) is 10.5. The molecule has 138 valence electrons. The number of nitrogens with zero attached hydrogens (tertiary/aromatic N) is 2. The Labute approximate surface area is 154 Å². The summed E-state index contributed by atoms with van der Waals surface area (Å²) >= 11 is 0. The van der Waals surface area contributed by atoms with Gasteiger partial charge in [0.05, 0.1) is 11.3 Å². The summed E-state index contributed by atoms with van der Waals surface area (Å²) in [6.07, 6.45) is 2.04. The van der Waals surface area contributed by atoms with Crippen molar-refractivity contribution < 1.29 is 19.2 Å². The van der Waals surface area contributed by atoms with Crippen LogP contribution < -0.4 is 5.32 Å². The van der Waals surface area contributed by atoms with E-state index in [-0.39, 0.29) is 12.1 Å². The average molecular weight is 367 g/mol. The third-order valence-corrected chi connectivity index (χ3v) is 3.96. The van der Waals surface area contributed by atoms with Crippen LogP contribution in [0.15, 0.2) is 60.8 Å². The van der Waals surface area contributed by atoms with E-state index in [0.717, 1.165) is 10.9 Å². The number of amides is 1. The minimum atomic E-state index is -0.526. The van der Waals surface area contributed by atoms with Gasteiger partial charge in [-0.1, -0.05) is 18.2 Å². The molecule has 0 spiro atoms. The van der Waals surface area contributed by atoms with Gasteiger partial charge in [-0.3, -0.25) is 19.7 Å².